The molecule has 1 saturated carbocycles. The number of aromatic nitrogens is 2. The van der Waals surface area contributed by atoms with Crippen molar-refractivity contribution in [3.05, 3.63) is 21.9 Å². The van der Waals surface area contributed by atoms with E-state index in [0.717, 1.165) is 31.7 Å². The number of pyridine rings is 1. The third-order valence-electron chi connectivity index (χ3n) is 5.36. The van der Waals surface area contributed by atoms with Gasteiger partial charge in [-0.05, 0) is 79.1 Å². The fraction of sp³-hybridized carbons (Fsp3) is 0.611. The molecule has 0 spiro atoms. The highest BCUT2D eigenvalue weighted by Gasteiger charge is 2.57. The lowest BCUT2D eigenvalue weighted by Crippen LogP contribution is -2.46. The van der Waals surface area contributed by atoms with Crippen LogP contribution in [0.15, 0.2) is 23.1 Å². The van der Waals surface area contributed by atoms with E-state index in [1.165, 1.54) is 0 Å². The van der Waals surface area contributed by atoms with Gasteiger partial charge in [0.25, 0.3) is 0 Å². The van der Waals surface area contributed by atoms with Crippen molar-refractivity contribution in [3.63, 3.8) is 0 Å². The Hall–Kier alpha value is -0.720. The molecular weight excluding hydrogens is 504 g/mol. The molecule has 154 valence electrons. The Balaban J connectivity index is 1.53. The molecule has 0 bridgehead atoms. The number of nitrogens with one attached hydrogen (secondary N) is 1. The number of halogens is 4. The molecule has 0 aromatic carbocycles. The van der Waals surface area contributed by atoms with Crippen LogP contribution >= 0.6 is 34.4 Å². The van der Waals surface area contributed by atoms with Crippen LogP contribution in [0.2, 0.25) is 0 Å². The summed E-state index contributed by atoms with van der Waals surface area (Å²) in [5, 5.41) is 18.0. The van der Waals surface area contributed by atoms with E-state index >= 15 is 0 Å². The van der Waals surface area contributed by atoms with Crippen LogP contribution in [0.4, 0.5) is 19.0 Å². The maximum atomic E-state index is 12.9. The Kier molecular flexibility index (Phi) is 5.08. The van der Waals surface area contributed by atoms with Gasteiger partial charge in [0, 0.05) is 25.2 Å². The highest BCUT2D eigenvalue weighted by Crippen LogP contribution is 2.52. The Morgan fingerprint density at radius 2 is 2.14 bits per heavy atom. The second kappa shape index (κ2) is 6.92. The Bertz CT molecular complexity index is 897. The first-order valence-corrected chi connectivity index (χ1v) is 11.0. The molecule has 3 heterocycles. The quantitative estimate of drug-likeness (QED) is 0.452. The average molecular weight is 526 g/mol. The van der Waals surface area contributed by atoms with E-state index in [9.17, 15) is 18.3 Å². The number of hydrogen-bond acceptors (Lipinski definition) is 5. The number of piperidine rings is 1. The summed E-state index contributed by atoms with van der Waals surface area (Å²) in [5.41, 5.74) is -4.63. The zero-order valence-corrected chi connectivity index (χ0v) is 18.5. The summed E-state index contributed by atoms with van der Waals surface area (Å²) < 4.78 is 40.7. The fourth-order valence-electron chi connectivity index (χ4n) is 4.17. The molecule has 1 aliphatic carbocycles. The monoisotopic (exact) mass is 526 g/mol. The van der Waals surface area contributed by atoms with Crippen LogP contribution in [0.3, 0.4) is 0 Å². The maximum Gasteiger partial charge on any atom is 0.446 e. The summed E-state index contributed by atoms with van der Waals surface area (Å²) in [5.74, 6) is 1.19. The van der Waals surface area contributed by atoms with Gasteiger partial charge in [-0.1, -0.05) is 6.07 Å². The number of anilines is 1. The molecule has 4 rings (SSSR count). The molecule has 10 heteroatoms. The molecule has 2 unspecified atom stereocenters. The molecule has 2 aliphatic rings. The van der Waals surface area contributed by atoms with Crippen molar-refractivity contribution in [1.82, 2.24) is 14.5 Å². The molecule has 2 N–H and O–H groups in total. The third-order valence-corrected chi connectivity index (χ3v) is 7.32. The van der Waals surface area contributed by atoms with Gasteiger partial charge in [-0.3, -0.25) is 0 Å². The van der Waals surface area contributed by atoms with Crippen molar-refractivity contribution < 1.29 is 18.3 Å². The number of thioether (sulfide) groups is 1. The maximum absolute atomic E-state index is 12.9. The molecule has 28 heavy (non-hydrogen) atoms. The lowest BCUT2D eigenvalue weighted by molar-refractivity contribution is -0.0328. The zero-order valence-electron chi connectivity index (χ0n) is 15.6. The van der Waals surface area contributed by atoms with Gasteiger partial charge in [0.15, 0.2) is 0 Å². The minimum Gasteiger partial charge on any atom is -0.389 e. The molecular formula is C18H22F3IN4OS. The van der Waals surface area contributed by atoms with Crippen LogP contribution in [0.5, 0.6) is 0 Å². The summed E-state index contributed by atoms with van der Waals surface area (Å²) in [6.07, 6.45) is 1.96. The fourth-order valence-corrected chi connectivity index (χ4v) is 5.61. The Morgan fingerprint density at radius 1 is 1.39 bits per heavy atom. The summed E-state index contributed by atoms with van der Waals surface area (Å²) in [6.45, 7) is 6.08. The smallest absolute Gasteiger partial charge is 0.389 e. The van der Waals surface area contributed by atoms with Crippen molar-refractivity contribution in [2.75, 3.05) is 25.0 Å². The van der Waals surface area contributed by atoms with Gasteiger partial charge >= 0.3 is 5.51 Å². The van der Waals surface area contributed by atoms with Gasteiger partial charge in [0.2, 0.25) is 0 Å². The Morgan fingerprint density at radius 3 is 2.79 bits per heavy atom. The number of likely N-dealkylation sites (tertiary alicyclic amines) is 1. The van der Waals surface area contributed by atoms with Crippen LogP contribution < -0.4 is 5.32 Å². The summed E-state index contributed by atoms with van der Waals surface area (Å²) in [4.78, 5) is 2.43. The van der Waals surface area contributed by atoms with Gasteiger partial charge < -0.3 is 15.3 Å². The second-order valence-electron chi connectivity index (χ2n) is 8.36. The number of fused-ring (bicyclic) bond motifs is 2. The van der Waals surface area contributed by atoms with E-state index in [2.05, 4.69) is 15.3 Å². The van der Waals surface area contributed by atoms with E-state index in [1.807, 2.05) is 42.5 Å². The lowest BCUT2D eigenvalue weighted by Gasteiger charge is -2.35. The normalized spacial score (nSPS) is 25.8. The van der Waals surface area contributed by atoms with E-state index in [0.29, 0.717) is 21.7 Å². The van der Waals surface area contributed by atoms with Crippen LogP contribution in [-0.2, 0) is 0 Å². The third kappa shape index (κ3) is 4.24. The number of aliphatic hydroxyl groups is 1. The van der Waals surface area contributed by atoms with Crippen LogP contribution in [-0.4, -0.2) is 55.9 Å². The topological polar surface area (TPSA) is 52.8 Å². The standard InChI is InChI=1S/C18H22F3IN4OS/c1-16(2,27)10-25-7-6-17(8-11(17)9-25)23-13-5-3-4-12-14(28-18(19,20)21)15(22)24-26(12)13/h3-5,11,23,27H,6-10H2,1-2H3. The summed E-state index contributed by atoms with van der Waals surface area (Å²) in [6, 6.07) is 5.31. The largest absolute Gasteiger partial charge is 0.446 e. The highest BCUT2D eigenvalue weighted by molar-refractivity contribution is 14.1. The first-order valence-electron chi connectivity index (χ1n) is 9.12. The Labute approximate surface area is 179 Å². The van der Waals surface area contributed by atoms with Gasteiger partial charge in [-0.25, -0.2) is 4.52 Å². The minimum absolute atomic E-state index is 0.0287. The number of alkyl halides is 3. The van der Waals surface area contributed by atoms with E-state index in [1.54, 1.807) is 16.6 Å². The van der Waals surface area contributed by atoms with Crippen LogP contribution in [0, 0.1) is 9.62 Å². The number of β-amino-alcohol motifs (C(OH)–C–C–N with tert-alkyl or cyclic N) is 1. The SMILES string of the molecule is CC(C)(O)CN1CCC2(Nc3cccc4c(SC(F)(F)F)c(I)nn34)CC2C1. The molecule has 5 nitrogen and oxygen atoms in total. The molecule has 1 saturated heterocycles. The second-order valence-corrected chi connectivity index (χ2v) is 10.5. The van der Waals surface area contributed by atoms with Crippen molar-refractivity contribution >= 4 is 45.7 Å². The minimum atomic E-state index is -4.35. The average Bonchev–Trinajstić information content (AvgIpc) is 3.16. The van der Waals surface area contributed by atoms with Gasteiger partial charge in [-0.2, -0.15) is 18.3 Å². The summed E-state index contributed by atoms with van der Waals surface area (Å²) in [7, 11) is 0. The van der Waals surface area contributed by atoms with Crippen LogP contribution in [0.25, 0.3) is 5.52 Å². The van der Waals surface area contributed by atoms with E-state index in [4.69, 9.17) is 0 Å². The summed E-state index contributed by atoms with van der Waals surface area (Å²) >= 11 is 1.74. The van der Waals surface area contributed by atoms with Crippen molar-refractivity contribution in [3.8, 4) is 0 Å². The molecule has 2 aromatic rings. The van der Waals surface area contributed by atoms with Gasteiger partial charge in [0.1, 0.15) is 9.52 Å². The van der Waals surface area contributed by atoms with E-state index < -0.39 is 11.1 Å². The van der Waals surface area contributed by atoms with Gasteiger partial charge in [0.05, 0.1) is 16.0 Å². The number of hydrogen-bond donors (Lipinski definition) is 2. The van der Waals surface area contributed by atoms with Gasteiger partial charge in [-0.15, -0.1) is 0 Å². The predicted molar refractivity (Wildman–Crippen MR) is 112 cm³/mol. The number of nitrogens with zero attached hydrogens (tertiary/aromatic N) is 3. The first-order chi connectivity index (χ1) is 13.0. The van der Waals surface area contributed by atoms with Crippen molar-refractivity contribution in [2.45, 2.75) is 48.2 Å². The lowest BCUT2D eigenvalue weighted by atomic mass is 10.0. The molecule has 1 aliphatic heterocycles. The van der Waals surface area contributed by atoms with Crippen LogP contribution in [0.1, 0.15) is 26.7 Å². The zero-order chi connectivity index (χ0) is 20.3. The highest BCUT2D eigenvalue weighted by atomic mass is 127. The van der Waals surface area contributed by atoms with Crippen molar-refractivity contribution in [2.24, 2.45) is 5.92 Å². The molecule has 2 atom stereocenters. The van der Waals surface area contributed by atoms with E-state index in [-0.39, 0.29) is 22.2 Å². The predicted octanol–water partition coefficient (Wildman–Crippen LogP) is 4.20. The molecule has 2 aromatic heterocycles. The molecule has 2 fully saturated rings. The molecule has 0 radical (unpaired) electrons. The first kappa shape index (κ1) is 20.5. The number of rotatable bonds is 5. The molecule has 0 amide bonds. The van der Waals surface area contributed by atoms with Crippen molar-refractivity contribution in [1.29, 1.82) is 0 Å².